The largest absolute Gasteiger partial charge is 0.480 e. The summed E-state index contributed by atoms with van der Waals surface area (Å²) in [7, 11) is -4.44. The molecule has 2 rings (SSSR count). The molecule has 1 fully saturated rings. The second-order valence-corrected chi connectivity index (χ2v) is 7.37. The lowest BCUT2D eigenvalue weighted by Crippen LogP contribution is -2.52. The van der Waals surface area contributed by atoms with Crippen LogP contribution in [0, 0.1) is 11.6 Å². The van der Waals surface area contributed by atoms with Gasteiger partial charge >= 0.3 is 5.97 Å². The maximum absolute atomic E-state index is 13.8. The van der Waals surface area contributed by atoms with Crippen molar-refractivity contribution in [1.29, 1.82) is 0 Å². The minimum atomic E-state index is -4.44. The van der Waals surface area contributed by atoms with E-state index in [1.54, 1.807) is 0 Å². The molecule has 0 spiro atoms. The fourth-order valence-corrected chi connectivity index (χ4v) is 5.02. The van der Waals surface area contributed by atoms with Crippen LogP contribution >= 0.6 is 15.9 Å². The van der Waals surface area contributed by atoms with Gasteiger partial charge in [0.1, 0.15) is 22.1 Å². The molecular formula is C12H12BrF2NO4S. The summed E-state index contributed by atoms with van der Waals surface area (Å²) in [6, 6.07) is 1.24. The van der Waals surface area contributed by atoms with Crippen LogP contribution in [0.5, 0.6) is 0 Å². The van der Waals surface area contributed by atoms with Gasteiger partial charge in [0, 0.05) is 10.5 Å². The van der Waals surface area contributed by atoms with Crippen molar-refractivity contribution in [1.82, 2.24) is 4.72 Å². The number of aliphatic carboxylic acids is 1. The van der Waals surface area contributed by atoms with Gasteiger partial charge < -0.3 is 5.11 Å². The van der Waals surface area contributed by atoms with E-state index in [4.69, 9.17) is 0 Å². The van der Waals surface area contributed by atoms with Gasteiger partial charge in [-0.1, -0.05) is 12.8 Å². The van der Waals surface area contributed by atoms with E-state index in [0.717, 1.165) is 6.07 Å². The Hall–Kier alpha value is -1.06. The van der Waals surface area contributed by atoms with Gasteiger partial charge in [-0.15, -0.1) is 0 Å². The molecule has 116 valence electrons. The summed E-state index contributed by atoms with van der Waals surface area (Å²) in [6.07, 6.45) is 1.37. The van der Waals surface area contributed by atoms with Crippen LogP contribution in [0.2, 0.25) is 0 Å². The van der Waals surface area contributed by atoms with Crippen molar-refractivity contribution >= 4 is 31.9 Å². The van der Waals surface area contributed by atoms with Gasteiger partial charge in [-0.3, -0.25) is 4.79 Å². The smallest absolute Gasteiger partial charge is 0.324 e. The fourth-order valence-electron chi connectivity index (χ4n) is 2.43. The summed E-state index contributed by atoms with van der Waals surface area (Å²) in [5, 5.41) is 9.26. The molecule has 1 aromatic rings. The van der Waals surface area contributed by atoms with Crippen molar-refractivity contribution < 1.29 is 27.1 Å². The number of carboxylic acid groups (broad SMARTS) is 1. The van der Waals surface area contributed by atoms with Crippen LogP contribution in [-0.4, -0.2) is 25.0 Å². The van der Waals surface area contributed by atoms with Gasteiger partial charge in [0.05, 0.1) is 0 Å². The van der Waals surface area contributed by atoms with Crippen molar-refractivity contribution in [3.8, 4) is 0 Å². The molecule has 0 aliphatic heterocycles. The Labute approximate surface area is 128 Å². The highest BCUT2D eigenvalue weighted by atomic mass is 79.9. The van der Waals surface area contributed by atoms with Crippen molar-refractivity contribution in [2.45, 2.75) is 36.1 Å². The molecule has 1 aromatic carbocycles. The Bertz CT molecular complexity index is 663. The third-order valence-electron chi connectivity index (χ3n) is 3.43. The molecule has 0 aromatic heterocycles. The second kappa shape index (κ2) is 5.62. The van der Waals surface area contributed by atoms with Gasteiger partial charge in [-0.25, -0.2) is 17.2 Å². The molecule has 1 saturated carbocycles. The highest BCUT2D eigenvalue weighted by Crippen LogP contribution is 2.33. The van der Waals surface area contributed by atoms with Crippen LogP contribution < -0.4 is 4.72 Å². The van der Waals surface area contributed by atoms with E-state index in [1.807, 2.05) is 0 Å². The lowest BCUT2D eigenvalue weighted by atomic mass is 10.0. The average molecular weight is 384 g/mol. The zero-order chi connectivity index (χ0) is 15.8. The maximum atomic E-state index is 13.8. The Morgan fingerprint density at radius 3 is 2.33 bits per heavy atom. The Morgan fingerprint density at radius 1 is 1.29 bits per heavy atom. The van der Waals surface area contributed by atoms with Crippen LogP contribution in [0.3, 0.4) is 0 Å². The van der Waals surface area contributed by atoms with Gasteiger partial charge in [0.15, 0.2) is 0 Å². The molecule has 0 amide bonds. The first-order chi connectivity index (χ1) is 9.68. The molecule has 1 aliphatic carbocycles. The van der Waals surface area contributed by atoms with Crippen molar-refractivity contribution in [3.63, 3.8) is 0 Å². The topological polar surface area (TPSA) is 83.5 Å². The second-order valence-electron chi connectivity index (χ2n) is 4.90. The van der Waals surface area contributed by atoms with E-state index in [1.165, 1.54) is 0 Å². The van der Waals surface area contributed by atoms with E-state index >= 15 is 0 Å². The highest BCUT2D eigenvalue weighted by Gasteiger charge is 2.45. The van der Waals surface area contributed by atoms with Gasteiger partial charge in [-0.2, -0.15) is 4.72 Å². The SMILES string of the molecule is O=C(O)C1(NS(=O)(=O)c2c(F)cc(F)cc2Br)CCCC1. The molecule has 5 nitrogen and oxygen atoms in total. The third-order valence-corrected chi connectivity index (χ3v) is 5.93. The summed E-state index contributed by atoms with van der Waals surface area (Å²) in [5.41, 5.74) is -1.64. The molecule has 9 heteroatoms. The van der Waals surface area contributed by atoms with Crippen LogP contribution in [0.1, 0.15) is 25.7 Å². The first kappa shape index (κ1) is 16.3. The fraction of sp³-hybridized carbons (Fsp3) is 0.417. The minimum absolute atomic E-state index is 0.127. The third kappa shape index (κ3) is 3.09. The molecular weight excluding hydrogens is 372 g/mol. The van der Waals surface area contributed by atoms with Crippen molar-refractivity contribution in [2.75, 3.05) is 0 Å². The number of hydrogen-bond acceptors (Lipinski definition) is 3. The molecule has 0 saturated heterocycles. The quantitative estimate of drug-likeness (QED) is 0.835. The number of halogens is 3. The summed E-state index contributed by atoms with van der Waals surface area (Å²) >= 11 is 2.79. The number of nitrogens with one attached hydrogen (secondary N) is 1. The Morgan fingerprint density at radius 2 is 1.86 bits per heavy atom. The summed E-state index contributed by atoms with van der Waals surface area (Å²) < 4.78 is 53.1. The predicted octanol–water partition coefficient (Wildman–Crippen LogP) is 2.40. The lowest BCUT2D eigenvalue weighted by Gasteiger charge is -2.25. The molecule has 0 heterocycles. The number of hydrogen-bond donors (Lipinski definition) is 2. The Balaban J connectivity index is 2.46. The summed E-state index contributed by atoms with van der Waals surface area (Å²) in [5.74, 6) is -3.53. The van der Waals surface area contributed by atoms with E-state index in [0.29, 0.717) is 18.9 Å². The standard InChI is InChI=1S/C12H12BrF2NO4S/c13-8-5-7(14)6-9(15)10(8)21(19,20)16-12(11(17)18)3-1-2-4-12/h5-6,16H,1-4H2,(H,17,18). The number of carbonyl (C=O) groups is 1. The monoisotopic (exact) mass is 383 g/mol. The summed E-state index contributed by atoms with van der Waals surface area (Å²) in [6.45, 7) is 0. The zero-order valence-electron chi connectivity index (χ0n) is 10.7. The zero-order valence-corrected chi connectivity index (χ0v) is 13.1. The van der Waals surface area contributed by atoms with E-state index in [9.17, 15) is 27.1 Å². The average Bonchev–Trinajstić information content (AvgIpc) is 2.75. The van der Waals surface area contributed by atoms with Gasteiger partial charge in [-0.05, 0) is 34.8 Å². The lowest BCUT2D eigenvalue weighted by molar-refractivity contribution is -0.143. The molecule has 0 atom stereocenters. The number of rotatable bonds is 4. The first-order valence-corrected chi connectivity index (χ1v) is 8.37. The van der Waals surface area contributed by atoms with E-state index in [-0.39, 0.29) is 17.3 Å². The molecule has 21 heavy (non-hydrogen) atoms. The molecule has 1 aliphatic rings. The Kier molecular flexibility index (Phi) is 4.36. The minimum Gasteiger partial charge on any atom is -0.480 e. The van der Waals surface area contributed by atoms with Crippen LogP contribution in [0.4, 0.5) is 8.78 Å². The van der Waals surface area contributed by atoms with Crippen LogP contribution in [0.25, 0.3) is 0 Å². The normalized spacial score (nSPS) is 17.9. The van der Waals surface area contributed by atoms with Gasteiger partial charge in [0.25, 0.3) is 0 Å². The van der Waals surface area contributed by atoms with E-state index < -0.39 is 38.1 Å². The first-order valence-electron chi connectivity index (χ1n) is 6.10. The maximum Gasteiger partial charge on any atom is 0.324 e. The highest BCUT2D eigenvalue weighted by molar-refractivity contribution is 9.10. The number of benzene rings is 1. The molecule has 0 unspecified atom stereocenters. The van der Waals surface area contributed by atoms with Crippen LogP contribution in [-0.2, 0) is 14.8 Å². The van der Waals surface area contributed by atoms with E-state index in [2.05, 4.69) is 20.7 Å². The van der Waals surface area contributed by atoms with Gasteiger partial charge in [0.2, 0.25) is 10.0 Å². The summed E-state index contributed by atoms with van der Waals surface area (Å²) in [4.78, 5) is 10.6. The number of carboxylic acids is 1. The van der Waals surface area contributed by atoms with Crippen LogP contribution in [0.15, 0.2) is 21.5 Å². The van der Waals surface area contributed by atoms with Crippen molar-refractivity contribution in [2.24, 2.45) is 0 Å². The molecule has 0 bridgehead atoms. The molecule has 2 N–H and O–H groups in total. The predicted molar refractivity (Wildman–Crippen MR) is 73.2 cm³/mol. The molecule has 0 radical (unpaired) electrons. The number of sulfonamides is 1. The van der Waals surface area contributed by atoms with Crippen molar-refractivity contribution in [3.05, 3.63) is 28.2 Å².